The number of rotatable bonds is 8. The highest BCUT2D eigenvalue weighted by molar-refractivity contribution is 6.46. The smallest absolute Gasteiger partial charge is 0.262 e. The average Bonchev–Trinajstić information content (AvgIpc) is 2.63. The molecule has 154 valence electrons. The van der Waals surface area contributed by atoms with Crippen LogP contribution in [0.2, 0.25) is 0 Å². The Balaban J connectivity index is 2.18. The topological polar surface area (TPSA) is 27.7 Å². The molecule has 9 heteroatoms. The zero-order chi connectivity index (χ0) is 21.0. The van der Waals surface area contributed by atoms with Gasteiger partial charge in [-0.3, -0.25) is 0 Å². The summed E-state index contributed by atoms with van der Waals surface area (Å²) >= 11 is 0. The van der Waals surface area contributed by atoms with E-state index in [2.05, 4.69) is 0 Å². The van der Waals surface area contributed by atoms with E-state index in [-0.39, 0.29) is 17.8 Å². The minimum Gasteiger partial charge on any atom is -0.373 e. The Morgan fingerprint density at radius 1 is 0.679 bits per heavy atom. The fraction of sp³-hybridized carbons (Fsp3) is 0.368. The molecule has 0 saturated carbocycles. The van der Waals surface area contributed by atoms with Crippen LogP contribution in [0.3, 0.4) is 0 Å². The first kappa shape index (κ1) is 22.5. The first-order chi connectivity index (χ1) is 13.1. The predicted molar refractivity (Wildman–Crippen MR) is 97.2 cm³/mol. The van der Waals surface area contributed by atoms with Gasteiger partial charge in [-0.1, -0.05) is 24.3 Å². The second-order valence-electron chi connectivity index (χ2n) is 6.61. The van der Waals surface area contributed by atoms with E-state index in [1.165, 1.54) is 24.3 Å². The quantitative estimate of drug-likeness (QED) is 0.213. The van der Waals surface area contributed by atoms with Crippen molar-refractivity contribution in [1.82, 2.24) is 0 Å². The van der Waals surface area contributed by atoms with Crippen molar-refractivity contribution in [1.29, 1.82) is 0 Å². The summed E-state index contributed by atoms with van der Waals surface area (Å²) in [6, 6.07) is 5.60. The van der Waals surface area contributed by atoms with Crippen molar-refractivity contribution in [2.24, 2.45) is 0 Å². The second kappa shape index (κ2) is 9.60. The molecule has 2 aromatic carbocycles. The molecule has 28 heavy (non-hydrogen) atoms. The van der Waals surface area contributed by atoms with Gasteiger partial charge in [-0.05, 0) is 38.4 Å². The van der Waals surface area contributed by atoms with E-state index in [1.807, 2.05) is 27.7 Å². The predicted octanol–water partition coefficient (Wildman–Crippen LogP) is 3.91. The zero-order valence-corrected chi connectivity index (χ0v) is 17.3. The largest absolute Gasteiger partial charge is 0.373 e. The summed E-state index contributed by atoms with van der Waals surface area (Å²) < 4.78 is 84.5. The van der Waals surface area contributed by atoms with Crippen LogP contribution in [-0.4, -0.2) is 28.4 Å². The van der Waals surface area contributed by atoms with E-state index >= 15 is 0 Å². The molecule has 0 spiro atoms. The van der Waals surface area contributed by atoms with Crippen molar-refractivity contribution in [3.63, 3.8) is 0 Å². The molecule has 0 aliphatic heterocycles. The number of benzene rings is 2. The van der Waals surface area contributed by atoms with Crippen molar-refractivity contribution < 1.29 is 35.9 Å². The van der Waals surface area contributed by atoms with Crippen LogP contribution >= 0.6 is 0 Å². The molecule has 0 atom stereocenters. The fourth-order valence-electron chi connectivity index (χ4n) is 2.35. The van der Waals surface area contributed by atoms with Crippen LogP contribution in [0, 0.1) is 29.1 Å². The van der Waals surface area contributed by atoms with Gasteiger partial charge in [0.1, 0.15) is 0 Å². The summed E-state index contributed by atoms with van der Waals surface area (Å²) in [7, 11) is -1.33. The lowest BCUT2D eigenvalue weighted by Gasteiger charge is -2.23. The number of halogens is 5. The van der Waals surface area contributed by atoms with Crippen LogP contribution in [0.1, 0.15) is 27.7 Å². The Bertz CT molecular complexity index is 773. The maximum absolute atomic E-state index is 13.9. The molecule has 0 aliphatic carbocycles. The molecule has 0 unspecified atom stereocenters. The Kier molecular flexibility index (Phi) is 7.70. The van der Waals surface area contributed by atoms with Gasteiger partial charge in [0.05, 0.1) is 17.8 Å². The van der Waals surface area contributed by atoms with Gasteiger partial charge in [0.25, 0.3) is 6.48 Å². The number of hydrogen-bond acceptors (Lipinski definition) is 3. The number of hydrogen-bond donors (Lipinski definition) is 0. The summed E-state index contributed by atoms with van der Waals surface area (Å²) in [6.45, 7) is 6.49. The molecule has 0 aliphatic rings. The van der Waals surface area contributed by atoms with Crippen molar-refractivity contribution in [3.8, 4) is 11.1 Å². The van der Waals surface area contributed by atoms with Gasteiger partial charge in [-0.2, -0.15) is 0 Å². The van der Waals surface area contributed by atoms with Gasteiger partial charge in [0.15, 0.2) is 33.0 Å². The Morgan fingerprint density at radius 3 is 1.54 bits per heavy atom. The second-order valence-corrected chi connectivity index (χ2v) is 8.05. The standard InChI is InChI=1S/C19H21F5O3Si/c1-9(2)25-19(26-10(3)4)27-28-12-7-5-11(6-8-12)13-14(20)16(22)18(24)17(23)15(13)21/h5-10,19H,28H2,1-4H3. The van der Waals surface area contributed by atoms with Gasteiger partial charge in [-0.25, -0.2) is 22.0 Å². The van der Waals surface area contributed by atoms with E-state index in [4.69, 9.17) is 13.9 Å². The van der Waals surface area contributed by atoms with E-state index in [0.717, 1.165) is 5.19 Å². The molecule has 0 saturated heterocycles. The van der Waals surface area contributed by atoms with E-state index < -0.39 is 50.9 Å². The lowest BCUT2D eigenvalue weighted by molar-refractivity contribution is -0.274. The third-order valence-electron chi connectivity index (χ3n) is 3.61. The maximum Gasteiger partial charge on any atom is 0.262 e. The van der Waals surface area contributed by atoms with E-state index in [1.54, 1.807) is 0 Å². The first-order valence-electron chi connectivity index (χ1n) is 8.65. The monoisotopic (exact) mass is 420 g/mol. The third kappa shape index (κ3) is 5.37. The minimum atomic E-state index is -2.18. The zero-order valence-electron chi connectivity index (χ0n) is 15.9. The minimum absolute atomic E-state index is 0.116. The Labute approximate surface area is 162 Å². The lowest BCUT2D eigenvalue weighted by atomic mass is 10.0. The van der Waals surface area contributed by atoms with Crippen molar-refractivity contribution in [3.05, 3.63) is 53.4 Å². The Morgan fingerprint density at radius 2 is 1.11 bits per heavy atom. The SMILES string of the molecule is CC(C)OC(O[SiH2]c1ccc(-c2c(F)c(F)c(F)c(F)c2F)cc1)OC(C)C. The third-order valence-corrected chi connectivity index (χ3v) is 4.85. The molecule has 0 N–H and O–H groups in total. The van der Waals surface area contributed by atoms with Gasteiger partial charge >= 0.3 is 0 Å². The van der Waals surface area contributed by atoms with Crippen molar-refractivity contribution in [2.45, 2.75) is 46.4 Å². The highest BCUT2D eigenvalue weighted by Crippen LogP contribution is 2.31. The highest BCUT2D eigenvalue weighted by Gasteiger charge is 2.26. The van der Waals surface area contributed by atoms with Gasteiger partial charge in [-0.15, -0.1) is 0 Å². The van der Waals surface area contributed by atoms with Crippen LogP contribution in [0.15, 0.2) is 24.3 Å². The molecule has 0 aromatic heterocycles. The van der Waals surface area contributed by atoms with Crippen LogP contribution in [0.5, 0.6) is 0 Å². The van der Waals surface area contributed by atoms with Crippen LogP contribution < -0.4 is 5.19 Å². The highest BCUT2D eigenvalue weighted by atomic mass is 28.2. The Hall–Kier alpha value is -1.81. The molecule has 0 radical (unpaired) electrons. The van der Waals surface area contributed by atoms with Crippen molar-refractivity contribution >= 4 is 14.9 Å². The molecular weight excluding hydrogens is 399 g/mol. The summed E-state index contributed by atoms with van der Waals surface area (Å²) in [5.41, 5.74) is -1.09. The summed E-state index contributed by atoms with van der Waals surface area (Å²) in [6.07, 6.45) is -0.233. The molecule has 0 heterocycles. The van der Waals surface area contributed by atoms with E-state index in [9.17, 15) is 22.0 Å². The van der Waals surface area contributed by atoms with Crippen LogP contribution in [0.4, 0.5) is 22.0 Å². The molecule has 0 fully saturated rings. The summed E-state index contributed by atoms with van der Waals surface area (Å²) in [4.78, 5) is 0. The molecular formula is C19H21F5O3Si. The fourth-order valence-corrected chi connectivity index (χ4v) is 3.26. The van der Waals surface area contributed by atoms with Crippen molar-refractivity contribution in [2.75, 3.05) is 0 Å². The lowest BCUT2D eigenvalue weighted by Crippen LogP contribution is -2.32. The van der Waals surface area contributed by atoms with Crippen LogP contribution in [-0.2, 0) is 13.9 Å². The average molecular weight is 420 g/mol. The number of ether oxygens (including phenoxy) is 2. The van der Waals surface area contributed by atoms with Gasteiger partial charge in [0.2, 0.25) is 5.82 Å². The van der Waals surface area contributed by atoms with E-state index in [0.29, 0.717) is 0 Å². The molecule has 0 bridgehead atoms. The summed E-state index contributed by atoms with van der Waals surface area (Å²) in [5.74, 6) is -9.87. The van der Waals surface area contributed by atoms with Crippen LogP contribution in [0.25, 0.3) is 11.1 Å². The maximum atomic E-state index is 13.9. The van der Waals surface area contributed by atoms with Gasteiger partial charge < -0.3 is 13.9 Å². The first-order valence-corrected chi connectivity index (χ1v) is 9.93. The molecule has 2 aromatic rings. The normalized spacial score (nSPS) is 12.3. The molecule has 3 nitrogen and oxygen atoms in total. The molecule has 0 amide bonds. The summed E-state index contributed by atoms with van der Waals surface area (Å²) in [5, 5.41) is 0.734. The van der Waals surface area contributed by atoms with Gasteiger partial charge in [0, 0.05) is 0 Å². The molecule has 2 rings (SSSR count).